The minimum Gasteiger partial charge on any atom is -0.395 e. The molecule has 2 amide bonds. The molecule has 0 bridgehead atoms. The van der Waals surface area contributed by atoms with Crippen LogP contribution in [0, 0.1) is 13.8 Å². The van der Waals surface area contributed by atoms with E-state index in [4.69, 9.17) is 0 Å². The molecular weight excluding hydrogens is 402 g/mol. The minimum atomic E-state index is -0.150. The van der Waals surface area contributed by atoms with Crippen molar-refractivity contribution in [1.82, 2.24) is 14.7 Å². The molecule has 0 atom stereocenters. The highest BCUT2D eigenvalue weighted by molar-refractivity contribution is 6.35. The summed E-state index contributed by atoms with van der Waals surface area (Å²) in [6.45, 7) is 10.5. The van der Waals surface area contributed by atoms with Crippen molar-refractivity contribution in [3.8, 4) is 0 Å². The zero-order valence-electron chi connectivity index (χ0n) is 20.0. The number of hydrogen-bond donors (Lipinski definition) is 1. The first-order valence-electron chi connectivity index (χ1n) is 12.2. The summed E-state index contributed by atoms with van der Waals surface area (Å²) >= 11 is 0. The number of aliphatic hydroxyl groups excluding tert-OH is 1. The van der Waals surface area contributed by atoms with Crippen molar-refractivity contribution in [2.45, 2.75) is 59.3 Å². The van der Waals surface area contributed by atoms with Gasteiger partial charge >= 0.3 is 0 Å². The lowest BCUT2D eigenvalue weighted by atomic mass is 9.97. The lowest BCUT2D eigenvalue weighted by Crippen LogP contribution is -2.48. The summed E-state index contributed by atoms with van der Waals surface area (Å²) in [6.07, 6.45) is 6.73. The highest BCUT2D eigenvalue weighted by Gasteiger charge is 2.42. The molecule has 6 heteroatoms. The van der Waals surface area contributed by atoms with E-state index >= 15 is 0 Å². The van der Waals surface area contributed by atoms with Gasteiger partial charge in [0.05, 0.1) is 12.2 Å². The fourth-order valence-corrected chi connectivity index (χ4v) is 4.78. The summed E-state index contributed by atoms with van der Waals surface area (Å²) in [4.78, 5) is 32.8. The molecule has 0 saturated carbocycles. The smallest absolute Gasteiger partial charge is 0.277 e. The van der Waals surface area contributed by atoms with Crippen molar-refractivity contribution in [2.24, 2.45) is 0 Å². The number of rotatable bonds is 11. The van der Waals surface area contributed by atoms with Crippen molar-refractivity contribution in [1.29, 1.82) is 0 Å². The van der Waals surface area contributed by atoms with Crippen LogP contribution in [0.5, 0.6) is 0 Å². The van der Waals surface area contributed by atoms with Gasteiger partial charge in [-0.15, -0.1) is 0 Å². The van der Waals surface area contributed by atoms with E-state index in [1.165, 1.54) is 24.2 Å². The largest absolute Gasteiger partial charge is 0.395 e. The lowest BCUT2D eigenvalue weighted by Gasteiger charge is -2.36. The standard InChI is InChI=1S/C26H39N3O3/c1-4-5-6-7-8-9-12-29-25(31)23(22-11-10-20(2)19-21(22)3)24(26(29)32)28-15-13-27(14-16-28)17-18-30/h10-11,19,30H,4-9,12-18H2,1-3H3. The van der Waals surface area contributed by atoms with Crippen LogP contribution < -0.4 is 0 Å². The van der Waals surface area contributed by atoms with Gasteiger partial charge in [-0.1, -0.05) is 62.8 Å². The predicted octanol–water partition coefficient (Wildman–Crippen LogP) is 3.35. The summed E-state index contributed by atoms with van der Waals surface area (Å²) in [6, 6.07) is 6.08. The minimum absolute atomic E-state index is 0.139. The van der Waals surface area contributed by atoms with Gasteiger partial charge < -0.3 is 10.0 Å². The molecule has 1 saturated heterocycles. The van der Waals surface area contributed by atoms with Crippen molar-refractivity contribution in [2.75, 3.05) is 45.9 Å². The molecule has 1 aromatic carbocycles. The number of unbranched alkanes of at least 4 members (excludes halogenated alkanes) is 5. The molecule has 1 aromatic rings. The molecule has 0 radical (unpaired) electrons. The lowest BCUT2D eigenvalue weighted by molar-refractivity contribution is -0.137. The summed E-state index contributed by atoms with van der Waals surface area (Å²) in [5.41, 5.74) is 4.17. The highest BCUT2D eigenvalue weighted by atomic mass is 16.3. The number of carbonyl (C=O) groups is 2. The Bertz CT molecular complexity index is 841. The average Bonchev–Trinajstić information content (AvgIpc) is 3.01. The number of nitrogens with zero attached hydrogens (tertiary/aromatic N) is 3. The molecule has 0 spiro atoms. The Morgan fingerprint density at radius 1 is 0.875 bits per heavy atom. The number of aryl methyl sites for hydroxylation is 2. The van der Waals surface area contributed by atoms with Gasteiger partial charge in [0.2, 0.25) is 0 Å². The third-order valence-corrected chi connectivity index (χ3v) is 6.63. The SMILES string of the molecule is CCCCCCCCN1C(=O)C(c2ccc(C)cc2C)=C(N2CCN(CCO)CC2)C1=O. The Labute approximate surface area is 192 Å². The van der Waals surface area contributed by atoms with E-state index in [9.17, 15) is 14.7 Å². The molecule has 176 valence electrons. The van der Waals surface area contributed by atoms with Gasteiger partial charge in [-0.05, 0) is 31.4 Å². The summed E-state index contributed by atoms with van der Waals surface area (Å²) in [7, 11) is 0. The molecule has 0 unspecified atom stereocenters. The fraction of sp³-hybridized carbons (Fsp3) is 0.615. The van der Waals surface area contributed by atoms with Crippen LogP contribution in [-0.4, -0.2) is 77.5 Å². The Hall–Kier alpha value is -2.18. The van der Waals surface area contributed by atoms with E-state index < -0.39 is 0 Å². The first kappa shape index (κ1) is 24.5. The predicted molar refractivity (Wildman–Crippen MR) is 128 cm³/mol. The van der Waals surface area contributed by atoms with Crippen LogP contribution >= 0.6 is 0 Å². The average molecular weight is 442 g/mol. The Morgan fingerprint density at radius 3 is 2.22 bits per heavy atom. The van der Waals surface area contributed by atoms with Crippen LogP contribution in [0.4, 0.5) is 0 Å². The monoisotopic (exact) mass is 441 g/mol. The third-order valence-electron chi connectivity index (χ3n) is 6.63. The highest BCUT2D eigenvalue weighted by Crippen LogP contribution is 2.34. The third kappa shape index (κ3) is 5.59. The number of carbonyl (C=O) groups excluding carboxylic acids is 2. The molecule has 6 nitrogen and oxygen atoms in total. The Kier molecular flexibility index (Phi) is 8.88. The van der Waals surface area contributed by atoms with Crippen molar-refractivity contribution in [3.05, 3.63) is 40.6 Å². The molecule has 1 fully saturated rings. The Morgan fingerprint density at radius 2 is 1.56 bits per heavy atom. The van der Waals surface area contributed by atoms with Crippen LogP contribution in [0.1, 0.15) is 62.1 Å². The van der Waals surface area contributed by atoms with E-state index in [2.05, 4.69) is 22.8 Å². The molecule has 32 heavy (non-hydrogen) atoms. The van der Waals surface area contributed by atoms with Crippen LogP contribution in [0.25, 0.3) is 5.57 Å². The summed E-state index contributed by atoms with van der Waals surface area (Å²) < 4.78 is 0. The zero-order chi connectivity index (χ0) is 23.1. The quantitative estimate of drug-likeness (QED) is 0.421. The first-order chi connectivity index (χ1) is 15.5. The number of benzene rings is 1. The maximum absolute atomic E-state index is 13.5. The van der Waals surface area contributed by atoms with Gasteiger partial charge in [0, 0.05) is 39.3 Å². The van der Waals surface area contributed by atoms with Crippen LogP contribution in [0.3, 0.4) is 0 Å². The van der Waals surface area contributed by atoms with Crippen molar-refractivity contribution in [3.63, 3.8) is 0 Å². The van der Waals surface area contributed by atoms with Crippen LogP contribution in [0.15, 0.2) is 23.9 Å². The number of hydrogen-bond acceptors (Lipinski definition) is 5. The second-order valence-corrected chi connectivity index (χ2v) is 9.12. The molecule has 1 N–H and O–H groups in total. The molecule has 2 aliphatic rings. The number of β-amino-alcohol motifs (C(OH)–C–C–N with tert-alkyl or cyclic N) is 1. The van der Waals surface area contributed by atoms with E-state index in [0.717, 1.165) is 49.0 Å². The van der Waals surface area contributed by atoms with Crippen molar-refractivity contribution < 1.29 is 14.7 Å². The van der Waals surface area contributed by atoms with Crippen LogP contribution in [-0.2, 0) is 9.59 Å². The Balaban J connectivity index is 1.81. The number of imide groups is 1. The summed E-state index contributed by atoms with van der Waals surface area (Å²) in [5.74, 6) is -0.294. The molecule has 0 aromatic heterocycles. The first-order valence-corrected chi connectivity index (χ1v) is 12.2. The van der Waals surface area contributed by atoms with Gasteiger partial charge in [-0.25, -0.2) is 0 Å². The van der Waals surface area contributed by atoms with Crippen molar-refractivity contribution >= 4 is 17.4 Å². The van der Waals surface area contributed by atoms with Gasteiger partial charge in [0.15, 0.2) is 0 Å². The van der Waals surface area contributed by atoms with E-state index in [-0.39, 0.29) is 18.4 Å². The maximum atomic E-state index is 13.5. The van der Waals surface area contributed by atoms with Gasteiger partial charge in [-0.2, -0.15) is 0 Å². The van der Waals surface area contributed by atoms with E-state index in [0.29, 0.717) is 37.4 Å². The van der Waals surface area contributed by atoms with Gasteiger partial charge in [0.25, 0.3) is 11.8 Å². The molecule has 3 rings (SSSR count). The molecular formula is C26H39N3O3. The number of aliphatic hydroxyl groups is 1. The molecule has 2 aliphatic heterocycles. The normalized spacial score (nSPS) is 17.8. The number of amides is 2. The van der Waals surface area contributed by atoms with Gasteiger partial charge in [-0.3, -0.25) is 19.4 Å². The van der Waals surface area contributed by atoms with E-state index in [1.54, 1.807) is 0 Å². The zero-order valence-corrected chi connectivity index (χ0v) is 20.0. The second-order valence-electron chi connectivity index (χ2n) is 9.12. The van der Waals surface area contributed by atoms with Crippen LogP contribution in [0.2, 0.25) is 0 Å². The topological polar surface area (TPSA) is 64.1 Å². The summed E-state index contributed by atoms with van der Waals surface area (Å²) in [5, 5.41) is 9.23. The second kappa shape index (κ2) is 11.6. The fourth-order valence-electron chi connectivity index (χ4n) is 4.78. The molecule has 2 heterocycles. The van der Waals surface area contributed by atoms with Gasteiger partial charge in [0.1, 0.15) is 5.70 Å². The van der Waals surface area contributed by atoms with E-state index in [1.807, 2.05) is 26.0 Å². The molecule has 0 aliphatic carbocycles. The number of piperazine rings is 1. The maximum Gasteiger partial charge on any atom is 0.277 e.